The molecule has 0 N–H and O–H groups in total. The molecule has 27 heavy (non-hydrogen) atoms. The maximum absolute atomic E-state index is 12.9. The van der Waals surface area contributed by atoms with Gasteiger partial charge < -0.3 is 4.90 Å². The van der Waals surface area contributed by atoms with Gasteiger partial charge in [-0.3, -0.25) is 0 Å². The van der Waals surface area contributed by atoms with Gasteiger partial charge in [-0.15, -0.1) is 0 Å². The first-order chi connectivity index (χ1) is 12.6. The first kappa shape index (κ1) is 19.8. The van der Waals surface area contributed by atoms with Crippen molar-refractivity contribution < 1.29 is 21.6 Å². The molecular formula is C16H16ClF3N4O2S. The number of piperazine rings is 1. The monoisotopic (exact) mass is 420 g/mol. The number of benzene rings is 1. The molecule has 0 spiro atoms. The highest BCUT2D eigenvalue weighted by atomic mass is 35.5. The lowest BCUT2D eigenvalue weighted by Gasteiger charge is -2.34. The molecule has 0 atom stereocenters. The lowest BCUT2D eigenvalue weighted by molar-refractivity contribution is -0.137. The van der Waals surface area contributed by atoms with E-state index in [1.807, 2.05) is 4.90 Å². The Morgan fingerprint density at radius 2 is 1.74 bits per heavy atom. The number of rotatable bonds is 3. The Kier molecular flexibility index (Phi) is 5.33. The van der Waals surface area contributed by atoms with Crippen LogP contribution in [0.5, 0.6) is 0 Å². The molecule has 146 valence electrons. The summed E-state index contributed by atoms with van der Waals surface area (Å²) in [5.74, 6) is 1.08. The third kappa shape index (κ3) is 4.33. The van der Waals surface area contributed by atoms with E-state index in [0.29, 0.717) is 30.8 Å². The van der Waals surface area contributed by atoms with Crippen molar-refractivity contribution in [2.24, 2.45) is 0 Å². The summed E-state index contributed by atoms with van der Waals surface area (Å²) in [7, 11) is -4.02. The van der Waals surface area contributed by atoms with E-state index in [0.717, 1.165) is 12.1 Å². The molecule has 0 bridgehead atoms. The number of alkyl halides is 3. The normalized spacial score (nSPS) is 16.6. The van der Waals surface area contributed by atoms with Crippen molar-refractivity contribution >= 4 is 27.4 Å². The minimum Gasteiger partial charge on any atom is -0.354 e. The smallest absolute Gasteiger partial charge is 0.354 e. The van der Waals surface area contributed by atoms with E-state index in [9.17, 15) is 21.6 Å². The van der Waals surface area contributed by atoms with Gasteiger partial charge in [0.15, 0.2) is 0 Å². The lowest BCUT2D eigenvalue weighted by Crippen LogP contribution is -2.49. The molecule has 0 radical (unpaired) electrons. The summed E-state index contributed by atoms with van der Waals surface area (Å²) in [6, 6.07) is 5.36. The standard InChI is InChI=1S/C16H16ClF3N4O2S/c1-11-21-14(17)10-15(22-11)23-5-7-24(8-6-23)27(25,26)13-4-2-3-12(9-13)16(18,19)20/h2-4,9-10H,5-8H2,1H3. The van der Waals surface area contributed by atoms with Crippen LogP contribution in [0.2, 0.25) is 5.15 Å². The van der Waals surface area contributed by atoms with Crippen molar-refractivity contribution in [3.8, 4) is 0 Å². The van der Waals surface area contributed by atoms with Crippen LogP contribution in [0.15, 0.2) is 35.2 Å². The fourth-order valence-corrected chi connectivity index (χ4v) is 4.51. The topological polar surface area (TPSA) is 66.4 Å². The van der Waals surface area contributed by atoms with Crippen molar-refractivity contribution in [2.75, 3.05) is 31.1 Å². The Hall–Kier alpha value is -1.91. The van der Waals surface area contributed by atoms with Crippen molar-refractivity contribution in [1.82, 2.24) is 14.3 Å². The molecule has 11 heteroatoms. The highest BCUT2D eigenvalue weighted by molar-refractivity contribution is 7.89. The largest absolute Gasteiger partial charge is 0.416 e. The van der Waals surface area contributed by atoms with Crippen LogP contribution in [-0.2, 0) is 16.2 Å². The van der Waals surface area contributed by atoms with Gasteiger partial charge in [-0.05, 0) is 25.1 Å². The molecule has 1 saturated heterocycles. The van der Waals surface area contributed by atoms with Crippen LogP contribution in [0.1, 0.15) is 11.4 Å². The summed E-state index contributed by atoms with van der Waals surface area (Å²) in [4.78, 5) is 9.75. The van der Waals surface area contributed by atoms with E-state index in [1.165, 1.54) is 10.4 Å². The second-order valence-electron chi connectivity index (χ2n) is 6.01. The second kappa shape index (κ2) is 7.25. The second-order valence-corrected chi connectivity index (χ2v) is 8.34. The average molecular weight is 421 g/mol. The number of aryl methyl sites for hydroxylation is 1. The molecule has 0 aliphatic carbocycles. The van der Waals surface area contributed by atoms with Gasteiger partial charge in [0.1, 0.15) is 16.8 Å². The highest BCUT2D eigenvalue weighted by Gasteiger charge is 2.34. The van der Waals surface area contributed by atoms with Gasteiger partial charge in [0.25, 0.3) is 0 Å². The maximum Gasteiger partial charge on any atom is 0.416 e. The zero-order chi connectivity index (χ0) is 19.8. The van der Waals surface area contributed by atoms with Crippen molar-refractivity contribution in [2.45, 2.75) is 18.0 Å². The van der Waals surface area contributed by atoms with Gasteiger partial charge in [0, 0.05) is 32.2 Å². The van der Waals surface area contributed by atoms with Gasteiger partial charge in [-0.25, -0.2) is 18.4 Å². The van der Waals surface area contributed by atoms with Crippen LogP contribution in [0.4, 0.5) is 19.0 Å². The first-order valence-electron chi connectivity index (χ1n) is 8.01. The third-order valence-electron chi connectivity index (χ3n) is 4.15. The molecule has 0 amide bonds. The van der Waals surface area contributed by atoms with Gasteiger partial charge in [-0.2, -0.15) is 17.5 Å². The van der Waals surface area contributed by atoms with Gasteiger partial charge >= 0.3 is 6.18 Å². The van der Waals surface area contributed by atoms with Crippen LogP contribution in [-0.4, -0.2) is 48.9 Å². The summed E-state index contributed by atoms with van der Waals surface area (Å²) in [6.45, 7) is 2.62. The molecule has 2 heterocycles. The Morgan fingerprint density at radius 3 is 2.33 bits per heavy atom. The first-order valence-corrected chi connectivity index (χ1v) is 9.83. The Labute approximate surface area is 159 Å². The van der Waals surface area contributed by atoms with E-state index in [1.54, 1.807) is 13.0 Å². The molecule has 1 fully saturated rings. The van der Waals surface area contributed by atoms with Crippen LogP contribution >= 0.6 is 11.6 Å². The zero-order valence-electron chi connectivity index (χ0n) is 14.2. The van der Waals surface area contributed by atoms with Crippen LogP contribution in [0, 0.1) is 6.92 Å². The number of sulfonamides is 1. The highest BCUT2D eigenvalue weighted by Crippen LogP contribution is 2.31. The molecular weight excluding hydrogens is 405 g/mol. The summed E-state index contributed by atoms with van der Waals surface area (Å²) in [6.07, 6.45) is -4.60. The summed E-state index contributed by atoms with van der Waals surface area (Å²) >= 11 is 5.93. The third-order valence-corrected chi connectivity index (χ3v) is 6.24. The summed E-state index contributed by atoms with van der Waals surface area (Å²) in [5.41, 5.74) is -0.992. The average Bonchev–Trinajstić information content (AvgIpc) is 2.60. The van der Waals surface area contributed by atoms with E-state index in [-0.39, 0.29) is 23.1 Å². The molecule has 1 aromatic heterocycles. The fraction of sp³-hybridized carbons (Fsp3) is 0.375. The van der Waals surface area contributed by atoms with E-state index >= 15 is 0 Å². The summed E-state index contributed by atoms with van der Waals surface area (Å²) in [5, 5.41) is 0.288. The van der Waals surface area contributed by atoms with E-state index in [4.69, 9.17) is 11.6 Å². The molecule has 3 rings (SSSR count). The van der Waals surface area contributed by atoms with Crippen LogP contribution in [0.25, 0.3) is 0 Å². The molecule has 0 unspecified atom stereocenters. The van der Waals surface area contributed by atoms with Crippen LogP contribution < -0.4 is 4.90 Å². The Morgan fingerprint density at radius 1 is 1.07 bits per heavy atom. The lowest BCUT2D eigenvalue weighted by atomic mass is 10.2. The number of aromatic nitrogens is 2. The van der Waals surface area contributed by atoms with Crippen LogP contribution in [0.3, 0.4) is 0 Å². The molecule has 6 nitrogen and oxygen atoms in total. The Bertz CT molecular complexity index is 925. The SMILES string of the molecule is Cc1nc(Cl)cc(N2CCN(S(=O)(=O)c3cccc(C(F)(F)F)c3)CC2)n1. The van der Waals surface area contributed by atoms with Crippen molar-refractivity contribution in [1.29, 1.82) is 0 Å². The molecule has 1 aromatic carbocycles. The van der Waals surface area contributed by atoms with Gasteiger partial charge in [-0.1, -0.05) is 17.7 Å². The van der Waals surface area contributed by atoms with Crippen molar-refractivity contribution in [3.05, 3.63) is 46.9 Å². The van der Waals surface area contributed by atoms with Gasteiger partial charge in [0.05, 0.1) is 10.5 Å². The van der Waals surface area contributed by atoms with E-state index in [2.05, 4.69) is 9.97 Å². The zero-order valence-corrected chi connectivity index (χ0v) is 15.8. The quantitative estimate of drug-likeness (QED) is 0.714. The van der Waals surface area contributed by atoms with E-state index < -0.39 is 21.8 Å². The molecule has 0 saturated carbocycles. The number of halogens is 4. The number of nitrogens with zero attached hydrogens (tertiary/aromatic N) is 4. The van der Waals surface area contributed by atoms with Gasteiger partial charge in [0.2, 0.25) is 10.0 Å². The maximum atomic E-state index is 12.9. The number of anilines is 1. The predicted molar refractivity (Wildman–Crippen MR) is 94.2 cm³/mol. The minimum atomic E-state index is -4.60. The molecule has 1 aliphatic heterocycles. The number of hydrogen-bond donors (Lipinski definition) is 0. The predicted octanol–water partition coefficient (Wildman–Crippen LogP) is 2.97. The fourth-order valence-electron chi connectivity index (χ4n) is 2.82. The Balaban J connectivity index is 1.77. The summed E-state index contributed by atoms with van der Waals surface area (Å²) < 4.78 is 65.2. The van der Waals surface area contributed by atoms with Crippen molar-refractivity contribution in [3.63, 3.8) is 0 Å². The minimum absolute atomic E-state index is 0.124. The number of hydrogen-bond acceptors (Lipinski definition) is 5. The molecule has 2 aromatic rings. The molecule has 1 aliphatic rings.